The zero-order valence-electron chi connectivity index (χ0n) is 20.5. The van der Waals surface area contributed by atoms with Crippen LogP contribution in [-0.4, -0.2) is 89.8 Å². The van der Waals surface area contributed by atoms with E-state index in [1.165, 1.54) is 10.6 Å². The van der Waals surface area contributed by atoms with Crippen LogP contribution in [0.25, 0.3) is 5.95 Å². The van der Waals surface area contributed by atoms with Gasteiger partial charge >= 0.3 is 0 Å². The fourth-order valence-electron chi connectivity index (χ4n) is 4.54. The van der Waals surface area contributed by atoms with Crippen molar-refractivity contribution >= 4 is 21.7 Å². The Kier molecular flexibility index (Phi) is 7.24. The summed E-state index contributed by atoms with van der Waals surface area (Å²) in [5.41, 5.74) is 1.02. The van der Waals surface area contributed by atoms with Gasteiger partial charge in [0, 0.05) is 51.2 Å². The number of nitrogens with zero attached hydrogens (tertiary/aromatic N) is 6. The molecule has 3 aromatic rings. The number of hydrogen-bond donors (Lipinski definition) is 1. The minimum absolute atomic E-state index is 0.0458. The molecule has 0 spiro atoms. The number of amides is 1. The largest absolute Gasteiger partial charge is 0.486 e. The molecule has 13 heteroatoms. The number of nitrogens with one attached hydrogen (secondary N) is 1. The normalized spacial score (nSPS) is 18.0. The molecule has 37 heavy (non-hydrogen) atoms. The van der Waals surface area contributed by atoms with Crippen LogP contribution in [0.5, 0.6) is 11.5 Å². The van der Waals surface area contributed by atoms with Crippen LogP contribution < -0.4 is 19.7 Å². The Morgan fingerprint density at radius 3 is 2.76 bits per heavy atom. The van der Waals surface area contributed by atoms with Crippen LogP contribution in [0, 0.1) is 0 Å². The molecule has 2 aliphatic heterocycles. The minimum atomic E-state index is -3.49. The third-order valence-corrected chi connectivity index (χ3v) is 7.64. The molecule has 0 saturated carbocycles. The second-order valence-corrected chi connectivity index (χ2v) is 10.9. The van der Waals surface area contributed by atoms with E-state index in [1.54, 1.807) is 35.6 Å². The molecule has 1 fully saturated rings. The predicted octanol–water partition coefficient (Wildman–Crippen LogP) is 0.633. The molecule has 0 aliphatic carbocycles. The van der Waals surface area contributed by atoms with Crippen LogP contribution in [0.15, 0.2) is 49.2 Å². The SMILES string of the molecule is CS(=O)(=O)N1CCN(c2ccnc(-n3ccnc3)n2)CC1CC(=O)NCCc1ccc2c(c1)OCCO2. The summed E-state index contributed by atoms with van der Waals surface area (Å²) in [4.78, 5) is 27.7. The molecule has 196 valence electrons. The summed E-state index contributed by atoms with van der Waals surface area (Å²) >= 11 is 0. The van der Waals surface area contributed by atoms with Crippen LogP contribution in [0.3, 0.4) is 0 Å². The van der Waals surface area contributed by atoms with Crippen molar-refractivity contribution in [2.75, 3.05) is 50.5 Å². The van der Waals surface area contributed by atoms with Gasteiger partial charge in [-0.1, -0.05) is 6.07 Å². The molecule has 0 radical (unpaired) electrons. The van der Waals surface area contributed by atoms with E-state index in [0.29, 0.717) is 56.8 Å². The lowest BCUT2D eigenvalue weighted by atomic mass is 10.1. The number of sulfonamides is 1. The highest BCUT2D eigenvalue weighted by Crippen LogP contribution is 2.30. The Bertz CT molecular complexity index is 1350. The first-order valence-electron chi connectivity index (χ1n) is 12.1. The molecule has 5 rings (SSSR count). The zero-order chi connectivity index (χ0) is 25.8. The molecule has 1 amide bonds. The first kappa shape index (κ1) is 25.0. The third-order valence-electron chi connectivity index (χ3n) is 6.31. The number of carbonyl (C=O) groups excluding carboxylic acids is 1. The van der Waals surface area contributed by atoms with Crippen LogP contribution in [0.1, 0.15) is 12.0 Å². The number of imidazole rings is 1. The second-order valence-electron chi connectivity index (χ2n) is 8.94. The van der Waals surface area contributed by atoms with Crippen molar-refractivity contribution in [3.63, 3.8) is 0 Å². The summed E-state index contributed by atoms with van der Waals surface area (Å²) in [6.07, 6.45) is 8.50. The van der Waals surface area contributed by atoms with Gasteiger partial charge in [-0.2, -0.15) is 9.29 Å². The van der Waals surface area contributed by atoms with Crippen molar-refractivity contribution in [1.82, 2.24) is 29.1 Å². The van der Waals surface area contributed by atoms with Crippen molar-refractivity contribution in [3.8, 4) is 17.4 Å². The van der Waals surface area contributed by atoms with Crippen molar-refractivity contribution in [2.24, 2.45) is 0 Å². The Morgan fingerprint density at radius 2 is 1.97 bits per heavy atom. The maximum atomic E-state index is 12.8. The van der Waals surface area contributed by atoms with E-state index in [4.69, 9.17) is 9.47 Å². The quantitative estimate of drug-likeness (QED) is 0.448. The van der Waals surface area contributed by atoms with E-state index in [9.17, 15) is 13.2 Å². The van der Waals surface area contributed by atoms with E-state index in [2.05, 4.69) is 20.3 Å². The van der Waals surface area contributed by atoms with Gasteiger partial charge in [-0.3, -0.25) is 9.36 Å². The van der Waals surface area contributed by atoms with Gasteiger partial charge < -0.3 is 19.7 Å². The van der Waals surface area contributed by atoms with Crippen molar-refractivity contribution in [1.29, 1.82) is 0 Å². The summed E-state index contributed by atoms with van der Waals surface area (Å²) in [5, 5.41) is 2.93. The number of fused-ring (bicyclic) bond motifs is 1. The van der Waals surface area contributed by atoms with Gasteiger partial charge in [-0.25, -0.2) is 18.4 Å². The second kappa shape index (κ2) is 10.7. The average Bonchev–Trinajstić information content (AvgIpc) is 3.43. The molecular weight excluding hydrogens is 498 g/mol. The van der Waals surface area contributed by atoms with Crippen LogP contribution >= 0.6 is 0 Å². The highest BCUT2D eigenvalue weighted by molar-refractivity contribution is 7.88. The van der Waals surface area contributed by atoms with Crippen LogP contribution in [-0.2, 0) is 21.2 Å². The molecule has 1 saturated heterocycles. The molecule has 12 nitrogen and oxygen atoms in total. The number of piperazine rings is 1. The van der Waals surface area contributed by atoms with Gasteiger partial charge in [-0.15, -0.1) is 0 Å². The monoisotopic (exact) mass is 527 g/mol. The fourth-order valence-corrected chi connectivity index (χ4v) is 5.64. The van der Waals surface area contributed by atoms with Crippen LogP contribution in [0.2, 0.25) is 0 Å². The number of carbonyl (C=O) groups is 1. The average molecular weight is 528 g/mol. The van der Waals surface area contributed by atoms with Gasteiger partial charge in [0.1, 0.15) is 25.4 Å². The molecule has 2 aromatic heterocycles. The molecule has 1 aromatic carbocycles. The molecule has 1 unspecified atom stereocenters. The molecule has 0 bridgehead atoms. The highest BCUT2D eigenvalue weighted by atomic mass is 32.2. The lowest BCUT2D eigenvalue weighted by Gasteiger charge is -2.40. The van der Waals surface area contributed by atoms with E-state index in [1.807, 2.05) is 23.1 Å². The minimum Gasteiger partial charge on any atom is -0.486 e. The Hall–Kier alpha value is -3.71. The van der Waals surface area contributed by atoms with Gasteiger partial charge in [0.25, 0.3) is 0 Å². The smallest absolute Gasteiger partial charge is 0.236 e. The predicted molar refractivity (Wildman–Crippen MR) is 135 cm³/mol. The Morgan fingerprint density at radius 1 is 1.14 bits per heavy atom. The molecule has 4 heterocycles. The van der Waals surface area contributed by atoms with Gasteiger partial charge in [0.2, 0.25) is 21.9 Å². The maximum Gasteiger partial charge on any atom is 0.236 e. The van der Waals surface area contributed by atoms with Gasteiger partial charge in [0.15, 0.2) is 11.5 Å². The number of hydrogen-bond acceptors (Lipinski definition) is 9. The van der Waals surface area contributed by atoms with E-state index >= 15 is 0 Å². The van der Waals surface area contributed by atoms with Crippen molar-refractivity contribution in [3.05, 3.63) is 54.7 Å². The molecular formula is C24H29N7O5S. The number of rotatable bonds is 8. The molecule has 1 N–H and O–H groups in total. The molecule has 2 aliphatic rings. The highest BCUT2D eigenvalue weighted by Gasteiger charge is 2.34. The van der Waals surface area contributed by atoms with Crippen molar-refractivity contribution in [2.45, 2.75) is 18.9 Å². The number of anilines is 1. The van der Waals surface area contributed by atoms with Gasteiger partial charge in [0.05, 0.1) is 12.3 Å². The van der Waals surface area contributed by atoms with E-state index in [-0.39, 0.29) is 18.9 Å². The third kappa shape index (κ3) is 6.00. The number of benzene rings is 1. The van der Waals surface area contributed by atoms with E-state index in [0.717, 1.165) is 11.3 Å². The fraction of sp³-hybridized carbons (Fsp3) is 0.417. The summed E-state index contributed by atoms with van der Waals surface area (Å²) in [7, 11) is -3.49. The van der Waals surface area contributed by atoms with E-state index < -0.39 is 16.1 Å². The summed E-state index contributed by atoms with van der Waals surface area (Å²) in [6, 6.07) is 7.00. The Balaban J connectivity index is 1.21. The van der Waals surface area contributed by atoms with Crippen molar-refractivity contribution < 1.29 is 22.7 Å². The lowest BCUT2D eigenvalue weighted by molar-refractivity contribution is -0.121. The summed E-state index contributed by atoms with van der Waals surface area (Å²) in [5.74, 6) is 2.36. The lowest BCUT2D eigenvalue weighted by Crippen LogP contribution is -2.56. The topological polar surface area (TPSA) is 132 Å². The maximum absolute atomic E-state index is 12.8. The standard InChI is InChI=1S/C24H29N7O5S/c1-37(33,34)31-11-10-29(22-5-7-27-24(28-22)30-9-8-25-17-30)16-19(31)15-23(32)26-6-4-18-2-3-20-21(14-18)36-13-12-35-20/h2-3,5,7-9,14,17,19H,4,6,10-13,15-16H2,1H3,(H,26,32). The first-order chi connectivity index (χ1) is 17.9. The zero-order valence-corrected chi connectivity index (χ0v) is 21.3. The Labute approximate surface area is 215 Å². The number of ether oxygens (including phenoxy) is 2. The van der Waals surface area contributed by atoms with Gasteiger partial charge in [-0.05, 0) is 30.2 Å². The number of aromatic nitrogens is 4. The summed E-state index contributed by atoms with van der Waals surface area (Å²) < 4.78 is 39.2. The first-order valence-corrected chi connectivity index (χ1v) is 13.9. The van der Waals surface area contributed by atoms with Crippen LogP contribution in [0.4, 0.5) is 5.82 Å². The summed E-state index contributed by atoms with van der Waals surface area (Å²) in [6.45, 7) is 2.53. The molecule has 1 atom stereocenters.